The van der Waals surface area contributed by atoms with Crippen molar-refractivity contribution in [3.63, 3.8) is 0 Å². The summed E-state index contributed by atoms with van der Waals surface area (Å²) < 4.78 is 12.8. The smallest absolute Gasteiger partial charge is 0.159 e. The topological polar surface area (TPSA) is 17.1 Å². The van der Waals surface area contributed by atoms with Crippen molar-refractivity contribution in [2.75, 3.05) is 0 Å². The molecule has 0 aliphatic heterocycles. The molecule has 1 aromatic carbocycles. The molecule has 3 heteroatoms. The van der Waals surface area contributed by atoms with Crippen molar-refractivity contribution >= 4 is 17.4 Å². The van der Waals surface area contributed by atoms with Crippen LogP contribution in [0.3, 0.4) is 0 Å². The predicted octanol–water partition coefficient (Wildman–Crippen LogP) is 3.17. The molecule has 0 radical (unpaired) electrons. The van der Waals surface area contributed by atoms with E-state index in [1.54, 1.807) is 13.0 Å². The molecule has 0 heterocycles. The molecular formula is C11H10ClFO. The number of carbonyl (C=O) groups is 1. The SMILES string of the molecule is C/C=C/C(=O)Cc1cc(F)ccc1Cl. The first-order chi connectivity index (χ1) is 6.63. The van der Waals surface area contributed by atoms with Crippen LogP contribution < -0.4 is 0 Å². The van der Waals surface area contributed by atoms with E-state index in [9.17, 15) is 9.18 Å². The van der Waals surface area contributed by atoms with Gasteiger partial charge in [-0.05, 0) is 36.8 Å². The van der Waals surface area contributed by atoms with Crippen LogP contribution in [0.2, 0.25) is 5.02 Å². The first-order valence-corrected chi connectivity index (χ1v) is 4.60. The zero-order valence-corrected chi connectivity index (χ0v) is 8.51. The maximum Gasteiger partial charge on any atom is 0.159 e. The average molecular weight is 213 g/mol. The van der Waals surface area contributed by atoms with Crippen molar-refractivity contribution in [3.8, 4) is 0 Å². The Morgan fingerprint density at radius 1 is 1.57 bits per heavy atom. The minimum atomic E-state index is -0.377. The number of benzene rings is 1. The zero-order valence-electron chi connectivity index (χ0n) is 7.76. The Morgan fingerprint density at radius 2 is 2.29 bits per heavy atom. The van der Waals surface area contributed by atoms with E-state index in [0.29, 0.717) is 10.6 Å². The van der Waals surface area contributed by atoms with Gasteiger partial charge in [-0.3, -0.25) is 4.79 Å². The van der Waals surface area contributed by atoms with Gasteiger partial charge in [0.05, 0.1) is 0 Å². The van der Waals surface area contributed by atoms with Crippen LogP contribution in [0.4, 0.5) is 4.39 Å². The Labute approximate surface area is 87.2 Å². The molecule has 0 amide bonds. The summed E-state index contributed by atoms with van der Waals surface area (Å²) in [7, 11) is 0. The van der Waals surface area contributed by atoms with Crippen molar-refractivity contribution in [1.82, 2.24) is 0 Å². The predicted molar refractivity (Wildman–Crippen MR) is 54.9 cm³/mol. The van der Waals surface area contributed by atoms with Crippen LogP contribution in [0, 0.1) is 5.82 Å². The molecule has 0 saturated heterocycles. The lowest BCUT2D eigenvalue weighted by molar-refractivity contribution is -0.114. The quantitative estimate of drug-likeness (QED) is 0.704. The van der Waals surface area contributed by atoms with E-state index in [0.717, 1.165) is 0 Å². The van der Waals surface area contributed by atoms with E-state index in [1.807, 2.05) is 0 Å². The number of hydrogen-bond donors (Lipinski definition) is 0. The fourth-order valence-electron chi connectivity index (χ4n) is 1.11. The van der Waals surface area contributed by atoms with Crippen molar-refractivity contribution in [2.24, 2.45) is 0 Å². The minimum Gasteiger partial charge on any atom is -0.294 e. The molecule has 0 fully saturated rings. The molecule has 1 nitrogen and oxygen atoms in total. The molecule has 74 valence electrons. The third-order valence-electron chi connectivity index (χ3n) is 1.73. The van der Waals surface area contributed by atoms with E-state index >= 15 is 0 Å². The zero-order chi connectivity index (χ0) is 10.6. The van der Waals surface area contributed by atoms with Crippen LogP contribution in [0.15, 0.2) is 30.4 Å². The van der Waals surface area contributed by atoms with E-state index in [-0.39, 0.29) is 18.0 Å². The number of carbonyl (C=O) groups excluding carboxylic acids is 1. The number of rotatable bonds is 3. The summed E-state index contributed by atoms with van der Waals surface area (Å²) in [6.45, 7) is 1.76. The first-order valence-electron chi connectivity index (χ1n) is 4.23. The van der Waals surface area contributed by atoms with E-state index in [2.05, 4.69) is 0 Å². The third-order valence-corrected chi connectivity index (χ3v) is 2.09. The summed E-state index contributed by atoms with van der Waals surface area (Å²) in [5.74, 6) is -0.460. The van der Waals surface area contributed by atoms with Crippen molar-refractivity contribution < 1.29 is 9.18 Å². The third kappa shape index (κ3) is 2.96. The second-order valence-electron chi connectivity index (χ2n) is 2.88. The van der Waals surface area contributed by atoms with Gasteiger partial charge in [0.2, 0.25) is 0 Å². The van der Waals surface area contributed by atoms with Crippen molar-refractivity contribution in [3.05, 3.63) is 46.8 Å². The second kappa shape index (κ2) is 4.91. The lowest BCUT2D eigenvalue weighted by Gasteiger charge is -2.01. The van der Waals surface area contributed by atoms with Crippen LogP contribution >= 0.6 is 11.6 Å². The molecule has 0 N–H and O–H groups in total. The molecule has 0 aliphatic carbocycles. The van der Waals surface area contributed by atoms with Gasteiger partial charge in [-0.15, -0.1) is 0 Å². The van der Waals surface area contributed by atoms with Gasteiger partial charge in [0.1, 0.15) is 5.82 Å². The molecule has 1 rings (SSSR count). The Balaban J connectivity index is 2.85. The van der Waals surface area contributed by atoms with Gasteiger partial charge in [0, 0.05) is 11.4 Å². The van der Waals surface area contributed by atoms with Gasteiger partial charge in [-0.1, -0.05) is 17.7 Å². The molecular weight excluding hydrogens is 203 g/mol. The molecule has 14 heavy (non-hydrogen) atoms. The maximum absolute atomic E-state index is 12.8. The fourth-order valence-corrected chi connectivity index (χ4v) is 1.30. The average Bonchev–Trinajstić information content (AvgIpc) is 2.12. The fraction of sp³-hybridized carbons (Fsp3) is 0.182. The van der Waals surface area contributed by atoms with E-state index in [1.165, 1.54) is 24.3 Å². The Bertz CT molecular complexity index is 372. The minimum absolute atomic E-state index is 0.0833. The van der Waals surface area contributed by atoms with Gasteiger partial charge in [-0.2, -0.15) is 0 Å². The standard InChI is InChI=1S/C11H10ClFO/c1-2-3-10(14)7-8-6-9(13)4-5-11(8)12/h2-6H,7H2,1H3/b3-2+. The molecule has 0 atom stereocenters. The monoisotopic (exact) mass is 212 g/mol. The molecule has 0 spiro atoms. The summed E-state index contributed by atoms with van der Waals surface area (Å²) in [6.07, 6.45) is 3.23. The van der Waals surface area contributed by atoms with E-state index in [4.69, 9.17) is 11.6 Å². The summed E-state index contributed by atoms with van der Waals surface area (Å²) in [5.41, 5.74) is 0.523. The number of allylic oxidation sites excluding steroid dienone is 2. The van der Waals surface area contributed by atoms with Crippen LogP contribution in [0.25, 0.3) is 0 Å². The van der Waals surface area contributed by atoms with Gasteiger partial charge < -0.3 is 0 Å². The molecule has 0 aromatic heterocycles. The number of hydrogen-bond acceptors (Lipinski definition) is 1. The van der Waals surface area contributed by atoms with Crippen molar-refractivity contribution in [1.29, 1.82) is 0 Å². The first kappa shape index (κ1) is 10.9. The Kier molecular flexibility index (Phi) is 3.84. The summed E-state index contributed by atoms with van der Waals surface area (Å²) >= 11 is 5.80. The van der Waals surface area contributed by atoms with Crippen LogP contribution in [-0.4, -0.2) is 5.78 Å². The van der Waals surface area contributed by atoms with Gasteiger partial charge in [-0.25, -0.2) is 4.39 Å². The van der Waals surface area contributed by atoms with Crippen LogP contribution in [-0.2, 0) is 11.2 Å². The highest BCUT2D eigenvalue weighted by Crippen LogP contribution is 2.17. The maximum atomic E-state index is 12.8. The molecule has 0 saturated carbocycles. The highest BCUT2D eigenvalue weighted by Gasteiger charge is 2.05. The normalized spacial score (nSPS) is 10.8. The highest BCUT2D eigenvalue weighted by molar-refractivity contribution is 6.31. The Hall–Kier alpha value is -1.15. The van der Waals surface area contributed by atoms with E-state index < -0.39 is 0 Å². The lowest BCUT2D eigenvalue weighted by atomic mass is 10.1. The molecule has 0 unspecified atom stereocenters. The largest absolute Gasteiger partial charge is 0.294 e. The lowest BCUT2D eigenvalue weighted by Crippen LogP contribution is -1.99. The van der Waals surface area contributed by atoms with Gasteiger partial charge in [0.25, 0.3) is 0 Å². The summed E-state index contributed by atoms with van der Waals surface area (Å²) in [6, 6.07) is 4.00. The summed E-state index contributed by atoms with van der Waals surface area (Å²) in [5, 5.41) is 0.421. The molecule has 1 aromatic rings. The van der Waals surface area contributed by atoms with Gasteiger partial charge in [0.15, 0.2) is 5.78 Å². The Morgan fingerprint density at radius 3 is 2.93 bits per heavy atom. The van der Waals surface area contributed by atoms with Crippen LogP contribution in [0.1, 0.15) is 12.5 Å². The summed E-state index contributed by atoms with van der Waals surface area (Å²) in [4.78, 5) is 11.2. The molecule has 0 aliphatic rings. The van der Waals surface area contributed by atoms with Gasteiger partial charge >= 0.3 is 0 Å². The van der Waals surface area contributed by atoms with Crippen molar-refractivity contribution in [2.45, 2.75) is 13.3 Å². The number of halogens is 2. The highest BCUT2D eigenvalue weighted by atomic mass is 35.5. The molecule has 0 bridgehead atoms. The number of ketones is 1. The second-order valence-corrected chi connectivity index (χ2v) is 3.29. The van der Waals surface area contributed by atoms with Crippen LogP contribution in [0.5, 0.6) is 0 Å².